The van der Waals surface area contributed by atoms with Crippen LogP contribution in [0.4, 0.5) is 0 Å². The molecule has 0 aromatic rings. The minimum Gasteiger partial charge on any atom is -0.313 e. The Morgan fingerprint density at radius 3 is 2.84 bits per heavy atom. The van der Waals surface area contributed by atoms with E-state index in [1.807, 2.05) is 0 Å². The molecule has 0 aromatic heterocycles. The Bertz CT molecular complexity index is 241. The smallest absolute Gasteiger partial charge is 0.0195 e. The minimum absolute atomic E-state index is 0.763. The molecule has 1 aliphatic carbocycles. The van der Waals surface area contributed by atoms with Gasteiger partial charge in [0.1, 0.15) is 0 Å². The van der Waals surface area contributed by atoms with Gasteiger partial charge in [-0.2, -0.15) is 0 Å². The largest absolute Gasteiger partial charge is 0.313 e. The third-order valence-electron chi connectivity index (χ3n) is 5.09. The van der Waals surface area contributed by atoms with E-state index in [2.05, 4.69) is 24.1 Å². The quantitative estimate of drug-likeness (QED) is 0.789. The molecule has 0 spiro atoms. The van der Waals surface area contributed by atoms with Crippen molar-refractivity contribution in [3.8, 4) is 0 Å². The average molecular weight is 266 g/mol. The van der Waals surface area contributed by atoms with Gasteiger partial charge in [0.05, 0.1) is 0 Å². The van der Waals surface area contributed by atoms with Gasteiger partial charge in [-0.3, -0.25) is 0 Å². The molecule has 2 nitrogen and oxygen atoms in total. The van der Waals surface area contributed by atoms with Gasteiger partial charge >= 0.3 is 0 Å². The van der Waals surface area contributed by atoms with E-state index < -0.39 is 0 Å². The molecule has 19 heavy (non-hydrogen) atoms. The summed E-state index contributed by atoms with van der Waals surface area (Å²) in [4.78, 5) is 2.72. The molecular weight excluding hydrogens is 232 g/mol. The highest BCUT2D eigenvalue weighted by atomic mass is 15.2. The number of likely N-dealkylation sites (tertiary alicyclic amines) is 1. The number of nitrogens with zero attached hydrogens (tertiary/aromatic N) is 1. The molecule has 2 fully saturated rings. The molecule has 1 saturated carbocycles. The van der Waals surface area contributed by atoms with Gasteiger partial charge in [-0.15, -0.1) is 0 Å². The van der Waals surface area contributed by atoms with E-state index in [-0.39, 0.29) is 0 Å². The normalized spacial score (nSPS) is 33.5. The number of nitrogens with one attached hydrogen (secondary N) is 1. The Balaban J connectivity index is 1.64. The van der Waals surface area contributed by atoms with E-state index in [1.54, 1.807) is 0 Å². The molecular formula is C17H34N2. The summed E-state index contributed by atoms with van der Waals surface area (Å²) in [6.45, 7) is 9.88. The highest BCUT2D eigenvalue weighted by Gasteiger charge is 2.22. The maximum absolute atomic E-state index is 3.70. The van der Waals surface area contributed by atoms with Crippen LogP contribution in [0.5, 0.6) is 0 Å². The molecule has 0 aromatic carbocycles. The van der Waals surface area contributed by atoms with Gasteiger partial charge in [-0.1, -0.05) is 33.1 Å². The van der Waals surface area contributed by atoms with Crippen LogP contribution in [0.2, 0.25) is 0 Å². The molecule has 1 N–H and O–H groups in total. The van der Waals surface area contributed by atoms with Crippen LogP contribution in [0.25, 0.3) is 0 Å². The van der Waals surface area contributed by atoms with Crippen LogP contribution in [-0.2, 0) is 0 Å². The first-order valence-electron chi connectivity index (χ1n) is 8.73. The van der Waals surface area contributed by atoms with Gasteiger partial charge in [0.25, 0.3) is 0 Å². The standard InChI is InChI=1S/C17H34N2/c1-3-10-18-17-8-5-11-19(14-17)12-9-16-7-4-6-15(2)13-16/h15-18H,3-14H2,1-2H3. The zero-order valence-electron chi connectivity index (χ0n) is 13.2. The summed E-state index contributed by atoms with van der Waals surface area (Å²) in [5, 5.41) is 3.70. The van der Waals surface area contributed by atoms with Crippen LogP contribution in [-0.4, -0.2) is 37.1 Å². The van der Waals surface area contributed by atoms with Gasteiger partial charge in [0, 0.05) is 12.6 Å². The first-order chi connectivity index (χ1) is 9.28. The predicted molar refractivity (Wildman–Crippen MR) is 83.5 cm³/mol. The fourth-order valence-electron chi connectivity index (χ4n) is 3.96. The molecule has 0 amide bonds. The minimum atomic E-state index is 0.763. The van der Waals surface area contributed by atoms with Gasteiger partial charge in [0.2, 0.25) is 0 Å². The molecule has 0 bridgehead atoms. The van der Waals surface area contributed by atoms with Crippen molar-refractivity contribution < 1.29 is 0 Å². The molecule has 1 saturated heterocycles. The maximum Gasteiger partial charge on any atom is 0.0195 e. The third-order valence-corrected chi connectivity index (χ3v) is 5.09. The van der Waals surface area contributed by atoms with Crippen molar-refractivity contribution in [1.29, 1.82) is 0 Å². The Hall–Kier alpha value is -0.0800. The van der Waals surface area contributed by atoms with E-state index in [0.29, 0.717) is 0 Å². The highest BCUT2D eigenvalue weighted by Crippen LogP contribution is 2.30. The molecule has 3 atom stereocenters. The lowest BCUT2D eigenvalue weighted by molar-refractivity contribution is 0.165. The van der Waals surface area contributed by atoms with Gasteiger partial charge in [-0.25, -0.2) is 0 Å². The summed E-state index contributed by atoms with van der Waals surface area (Å²) < 4.78 is 0. The molecule has 1 aliphatic heterocycles. The first kappa shape index (κ1) is 15.3. The Morgan fingerprint density at radius 2 is 2.05 bits per heavy atom. The van der Waals surface area contributed by atoms with Crippen molar-refractivity contribution in [2.75, 3.05) is 26.2 Å². The van der Waals surface area contributed by atoms with Crippen LogP contribution in [0.15, 0.2) is 0 Å². The van der Waals surface area contributed by atoms with Crippen LogP contribution in [0.1, 0.15) is 65.2 Å². The number of hydrogen-bond donors (Lipinski definition) is 1. The van der Waals surface area contributed by atoms with Gasteiger partial charge in [0.15, 0.2) is 0 Å². The van der Waals surface area contributed by atoms with Crippen molar-refractivity contribution in [2.24, 2.45) is 11.8 Å². The second kappa shape index (κ2) is 8.26. The summed E-state index contributed by atoms with van der Waals surface area (Å²) in [6.07, 6.45) is 11.4. The first-order valence-corrected chi connectivity index (χ1v) is 8.73. The zero-order chi connectivity index (χ0) is 13.5. The number of hydrogen-bond acceptors (Lipinski definition) is 2. The van der Waals surface area contributed by atoms with E-state index in [9.17, 15) is 0 Å². The summed E-state index contributed by atoms with van der Waals surface area (Å²) in [7, 11) is 0. The lowest BCUT2D eigenvalue weighted by atomic mass is 9.81. The molecule has 112 valence electrons. The van der Waals surface area contributed by atoms with Crippen molar-refractivity contribution in [1.82, 2.24) is 10.2 Å². The number of rotatable bonds is 6. The molecule has 3 unspecified atom stereocenters. The monoisotopic (exact) mass is 266 g/mol. The summed E-state index contributed by atoms with van der Waals surface area (Å²) in [6, 6.07) is 0.763. The van der Waals surface area contributed by atoms with Crippen LogP contribution in [0, 0.1) is 11.8 Å². The topological polar surface area (TPSA) is 15.3 Å². The average Bonchev–Trinajstić information content (AvgIpc) is 2.43. The molecule has 1 heterocycles. The Kier molecular flexibility index (Phi) is 6.66. The summed E-state index contributed by atoms with van der Waals surface area (Å²) in [5.74, 6) is 2.01. The number of piperidine rings is 1. The van der Waals surface area contributed by atoms with Crippen molar-refractivity contribution >= 4 is 0 Å². The van der Waals surface area contributed by atoms with Crippen LogP contribution >= 0.6 is 0 Å². The maximum atomic E-state index is 3.70. The second-order valence-corrected chi connectivity index (χ2v) is 7.02. The van der Waals surface area contributed by atoms with Crippen molar-refractivity contribution in [3.63, 3.8) is 0 Å². The van der Waals surface area contributed by atoms with Gasteiger partial charge < -0.3 is 10.2 Å². The summed E-state index contributed by atoms with van der Waals surface area (Å²) in [5.41, 5.74) is 0. The van der Waals surface area contributed by atoms with Crippen molar-refractivity contribution in [2.45, 2.75) is 71.3 Å². The van der Waals surface area contributed by atoms with E-state index in [4.69, 9.17) is 0 Å². The Morgan fingerprint density at radius 1 is 1.16 bits per heavy atom. The SMILES string of the molecule is CCCNC1CCCN(CCC2CCCC(C)C2)C1. The van der Waals surface area contributed by atoms with Crippen molar-refractivity contribution in [3.05, 3.63) is 0 Å². The summed E-state index contributed by atoms with van der Waals surface area (Å²) >= 11 is 0. The molecule has 2 heteroatoms. The van der Waals surface area contributed by atoms with E-state index in [1.165, 1.54) is 77.5 Å². The molecule has 0 radical (unpaired) electrons. The van der Waals surface area contributed by atoms with Gasteiger partial charge in [-0.05, 0) is 63.6 Å². The van der Waals surface area contributed by atoms with Crippen LogP contribution in [0.3, 0.4) is 0 Å². The van der Waals surface area contributed by atoms with E-state index >= 15 is 0 Å². The zero-order valence-corrected chi connectivity index (χ0v) is 13.2. The second-order valence-electron chi connectivity index (χ2n) is 7.02. The predicted octanol–water partition coefficient (Wildman–Crippen LogP) is 3.67. The third kappa shape index (κ3) is 5.43. The molecule has 2 rings (SSSR count). The highest BCUT2D eigenvalue weighted by molar-refractivity contribution is 4.79. The lowest BCUT2D eigenvalue weighted by Crippen LogP contribution is -2.46. The Labute approximate surface area is 120 Å². The molecule has 2 aliphatic rings. The van der Waals surface area contributed by atoms with Crippen LogP contribution < -0.4 is 5.32 Å². The fourth-order valence-corrected chi connectivity index (χ4v) is 3.96. The van der Waals surface area contributed by atoms with E-state index in [0.717, 1.165) is 17.9 Å². The fraction of sp³-hybridized carbons (Fsp3) is 1.00. The lowest BCUT2D eigenvalue weighted by Gasteiger charge is -2.35.